The molecule has 3 saturated heterocycles. The van der Waals surface area contributed by atoms with E-state index in [1.807, 2.05) is 0 Å². The molecule has 4 heterocycles. The molecule has 5 unspecified atom stereocenters. The molecule has 4 aliphatic carbocycles. The number of para-hydroxylation sites is 2. The number of hydrogen-bond donors (Lipinski definition) is 0. The minimum atomic E-state index is -0.130. The van der Waals surface area contributed by atoms with E-state index in [0.29, 0.717) is 11.8 Å². The van der Waals surface area contributed by atoms with E-state index in [1.54, 1.807) is 0 Å². The summed E-state index contributed by atoms with van der Waals surface area (Å²) in [5, 5.41) is 0. The Labute approximate surface area is 174 Å². The van der Waals surface area contributed by atoms with Gasteiger partial charge in [-0.25, -0.2) is 0 Å². The van der Waals surface area contributed by atoms with Gasteiger partial charge in [-0.1, -0.05) is 37.8 Å². The molecule has 1 aromatic carbocycles. The molecular weight excluding hydrogens is 358 g/mol. The van der Waals surface area contributed by atoms with E-state index in [-0.39, 0.29) is 22.5 Å². The lowest BCUT2D eigenvalue weighted by molar-refractivity contribution is -0.423. The summed E-state index contributed by atoms with van der Waals surface area (Å²) < 4.78 is 15.0. The smallest absolute Gasteiger partial charge is 0.196 e. The largest absolute Gasteiger partial charge is 0.465 e. The second-order valence-electron chi connectivity index (χ2n) is 11.4. The highest BCUT2D eigenvalue weighted by molar-refractivity contribution is 5.69. The Morgan fingerprint density at radius 2 is 1.66 bits per heavy atom. The number of anilines is 1. The number of benzene rings is 1. The average molecular weight is 392 g/mol. The molecule has 154 valence electrons. The van der Waals surface area contributed by atoms with Crippen LogP contribution in [0, 0.1) is 23.2 Å². The molecule has 7 atom stereocenters. The molecule has 5 bridgehead atoms. The maximum absolute atomic E-state index is 7.73. The molecule has 3 nitrogen and oxygen atoms in total. The van der Waals surface area contributed by atoms with E-state index in [2.05, 4.69) is 29.2 Å². The van der Waals surface area contributed by atoms with Crippen molar-refractivity contribution in [2.24, 2.45) is 23.2 Å². The Morgan fingerprint density at radius 1 is 0.828 bits per heavy atom. The highest BCUT2D eigenvalue weighted by atomic mass is 16.6. The Kier molecular flexibility index (Phi) is 2.83. The topological polar surface area (TPSA) is 21.7 Å². The molecule has 3 heteroatoms. The summed E-state index contributed by atoms with van der Waals surface area (Å²) in [5.41, 5.74) is 1.37. The molecule has 9 rings (SSSR count). The van der Waals surface area contributed by atoms with Crippen molar-refractivity contribution in [1.29, 1.82) is 0 Å². The first-order valence-corrected chi connectivity index (χ1v) is 12.5. The van der Waals surface area contributed by atoms with Crippen LogP contribution in [0.2, 0.25) is 0 Å². The van der Waals surface area contributed by atoms with Crippen molar-refractivity contribution in [2.45, 2.75) is 101 Å². The molecule has 4 spiro atoms. The van der Waals surface area contributed by atoms with Crippen molar-refractivity contribution in [1.82, 2.24) is 0 Å². The number of ether oxygens (including phenoxy) is 2. The zero-order chi connectivity index (χ0) is 18.9. The van der Waals surface area contributed by atoms with E-state index in [1.165, 1.54) is 89.2 Å². The van der Waals surface area contributed by atoms with Crippen LogP contribution in [0.5, 0.6) is 5.75 Å². The van der Waals surface area contributed by atoms with Crippen LogP contribution in [0.4, 0.5) is 5.69 Å². The van der Waals surface area contributed by atoms with Crippen LogP contribution < -0.4 is 9.64 Å². The minimum absolute atomic E-state index is 0.0779. The normalized spacial score (nSPS) is 53.4. The molecule has 4 aliphatic heterocycles. The fourth-order valence-corrected chi connectivity index (χ4v) is 10.2. The van der Waals surface area contributed by atoms with Crippen LogP contribution in [0.25, 0.3) is 0 Å². The Balaban J connectivity index is 1.46. The molecule has 4 saturated carbocycles. The quantitative estimate of drug-likeness (QED) is 0.540. The monoisotopic (exact) mass is 391 g/mol. The third-order valence-corrected chi connectivity index (χ3v) is 10.8. The van der Waals surface area contributed by atoms with Gasteiger partial charge in [0.1, 0.15) is 11.5 Å². The maximum Gasteiger partial charge on any atom is 0.196 e. The van der Waals surface area contributed by atoms with Crippen molar-refractivity contribution in [3.63, 3.8) is 0 Å². The standard InChI is InChI=1S/C26H33NO2/c1-2-12-22-21(11-1)27-25-15-6-4-9-20(25)17-23-13-7-10-19(26(23,27)28-22)16-18-8-3-5-14-24(18,23)29-25/h1-2,11-12,18-20H,3-10,13-17H2/t18?,19?,20-,23?,24?,25+,26?/m1/s1. The predicted molar refractivity (Wildman–Crippen MR) is 112 cm³/mol. The fourth-order valence-electron chi connectivity index (χ4n) is 10.2. The Hall–Kier alpha value is -1.22. The zero-order valence-corrected chi connectivity index (χ0v) is 17.5. The highest BCUT2D eigenvalue weighted by Gasteiger charge is 2.87. The number of nitrogens with zero attached hydrogens (tertiary/aromatic N) is 1. The summed E-state index contributed by atoms with van der Waals surface area (Å²) in [7, 11) is 0. The number of fused-ring (bicyclic) bond motifs is 1. The molecule has 0 aromatic heterocycles. The predicted octanol–water partition coefficient (Wildman–Crippen LogP) is 6.02. The summed E-state index contributed by atoms with van der Waals surface area (Å²) in [4.78, 5) is 2.81. The van der Waals surface area contributed by atoms with Gasteiger partial charge >= 0.3 is 0 Å². The lowest BCUT2D eigenvalue weighted by atomic mass is 9.37. The highest BCUT2D eigenvalue weighted by Crippen LogP contribution is 2.81. The molecule has 1 aromatic rings. The Morgan fingerprint density at radius 3 is 2.62 bits per heavy atom. The van der Waals surface area contributed by atoms with Gasteiger partial charge in [-0.05, 0) is 75.8 Å². The van der Waals surface area contributed by atoms with Crippen LogP contribution in [0.15, 0.2) is 24.3 Å². The summed E-state index contributed by atoms with van der Waals surface area (Å²) in [6, 6.07) is 8.96. The lowest BCUT2D eigenvalue weighted by Crippen LogP contribution is -2.92. The lowest BCUT2D eigenvalue weighted by Gasteiger charge is -2.82. The second-order valence-corrected chi connectivity index (χ2v) is 11.4. The van der Waals surface area contributed by atoms with Crippen molar-refractivity contribution >= 4 is 5.69 Å². The van der Waals surface area contributed by atoms with Crippen LogP contribution >= 0.6 is 0 Å². The molecular formula is C26H33NO2. The number of piperidine rings is 1. The van der Waals surface area contributed by atoms with Gasteiger partial charge in [-0.3, -0.25) is 0 Å². The first kappa shape index (κ1) is 16.5. The molecule has 8 aliphatic rings. The first-order valence-electron chi connectivity index (χ1n) is 12.5. The van der Waals surface area contributed by atoms with Crippen molar-refractivity contribution in [3.8, 4) is 5.75 Å². The first-order chi connectivity index (χ1) is 14.3. The van der Waals surface area contributed by atoms with Crippen LogP contribution in [0.3, 0.4) is 0 Å². The van der Waals surface area contributed by atoms with E-state index >= 15 is 0 Å². The number of rotatable bonds is 0. The minimum Gasteiger partial charge on any atom is -0.465 e. The molecule has 7 fully saturated rings. The third kappa shape index (κ3) is 1.50. The average Bonchev–Trinajstić information content (AvgIpc) is 3.09. The van der Waals surface area contributed by atoms with E-state index in [0.717, 1.165) is 11.7 Å². The van der Waals surface area contributed by atoms with Gasteiger partial charge in [-0.2, -0.15) is 0 Å². The molecule has 0 amide bonds. The SMILES string of the molecule is c1ccc2c(c1)OC13C4CCCC15C[C@H]1CCCC[C@@]1(OC51CCCCC1C4)N23. The third-order valence-electron chi connectivity index (χ3n) is 10.8. The van der Waals surface area contributed by atoms with Gasteiger partial charge in [0, 0.05) is 11.8 Å². The van der Waals surface area contributed by atoms with E-state index < -0.39 is 0 Å². The van der Waals surface area contributed by atoms with Crippen LogP contribution in [-0.2, 0) is 4.74 Å². The molecule has 29 heavy (non-hydrogen) atoms. The van der Waals surface area contributed by atoms with Gasteiger partial charge in [0.15, 0.2) is 5.72 Å². The number of hydrogen-bond acceptors (Lipinski definition) is 3. The summed E-state index contributed by atoms with van der Waals surface area (Å²) >= 11 is 0. The van der Waals surface area contributed by atoms with Crippen LogP contribution in [-0.4, -0.2) is 17.1 Å². The van der Waals surface area contributed by atoms with E-state index in [4.69, 9.17) is 9.47 Å². The molecule has 0 radical (unpaired) electrons. The summed E-state index contributed by atoms with van der Waals surface area (Å²) in [6.07, 6.45) is 17.4. The van der Waals surface area contributed by atoms with Gasteiger partial charge in [0.05, 0.1) is 16.7 Å². The van der Waals surface area contributed by atoms with Gasteiger partial charge in [0.25, 0.3) is 0 Å². The zero-order valence-electron chi connectivity index (χ0n) is 17.5. The van der Waals surface area contributed by atoms with Crippen molar-refractivity contribution in [3.05, 3.63) is 24.3 Å². The summed E-state index contributed by atoms with van der Waals surface area (Å²) in [5.74, 6) is 3.26. The van der Waals surface area contributed by atoms with E-state index in [9.17, 15) is 0 Å². The Bertz CT molecular complexity index is 900. The van der Waals surface area contributed by atoms with Crippen LogP contribution in [0.1, 0.15) is 83.5 Å². The second kappa shape index (κ2) is 4.98. The van der Waals surface area contributed by atoms with Gasteiger partial charge in [-0.15, -0.1) is 0 Å². The maximum atomic E-state index is 7.73. The fraction of sp³-hybridized carbons (Fsp3) is 0.769. The van der Waals surface area contributed by atoms with Crippen molar-refractivity contribution < 1.29 is 9.47 Å². The van der Waals surface area contributed by atoms with Crippen molar-refractivity contribution in [2.75, 3.05) is 4.90 Å². The van der Waals surface area contributed by atoms with Gasteiger partial charge in [0.2, 0.25) is 0 Å². The summed E-state index contributed by atoms with van der Waals surface area (Å²) in [6.45, 7) is 0. The molecule has 0 N–H and O–H groups in total. The van der Waals surface area contributed by atoms with Gasteiger partial charge < -0.3 is 14.4 Å².